The van der Waals surface area contributed by atoms with Gasteiger partial charge in [0.05, 0.1) is 15.6 Å². The molecule has 0 saturated carbocycles. The molecule has 0 aliphatic carbocycles. The van der Waals surface area contributed by atoms with E-state index in [4.69, 9.17) is 27.9 Å². The normalized spacial score (nSPS) is 18.5. The molecule has 4 rings (SSSR count). The molecular weight excluding hydrogens is 452 g/mol. The third-order valence-electron chi connectivity index (χ3n) is 4.74. The molecule has 0 saturated heterocycles. The van der Waals surface area contributed by atoms with Crippen LogP contribution in [0.15, 0.2) is 65.9 Å². The van der Waals surface area contributed by atoms with Gasteiger partial charge >= 0.3 is 6.36 Å². The molecule has 0 spiro atoms. The van der Waals surface area contributed by atoms with Crippen LogP contribution < -0.4 is 4.74 Å². The van der Waals surface area contributed by atoms with Crippen molar-refractivity contribution in [3.8, 4) is 16.9 Å². The van der Waals surface area contributed by atoms with Gasteiger partial charge in [0.1, 0.15) is 17.9 Å². The van der Waals surface area contributed by atoms with Crippen molar-refractivity contribution in [2.24, 2.45) is 4.99 Å². The molecule has 2 atom stereocenters. The smallest absolute Gasteiger partial charge is 0.472 e. The monoisotopic (exact) mass is 466 g/mol. The lowest BCUT2D eigenvalue weighted by molar-refractivity contribution is -0.274. The van der Waals surface area contributed by atoms with E-state index in [2.05, 4.69) is 14.7 Å². The number of aliphatic imine (C=N–C) groups is 1. The number of nitrogens with zero attached hydrogens (tertiary/aromatic N) is 2. The van der Waals surface area contributed by atoms with Gasteiger partial charge in [-0.25, -0.2) is 4.99 Å². The number of pyridine rings is 1. The molecule has 160 valence electrons. The van der Waals surface area contributed by atoms with Crippen LogP contribution in [0.25, 0.3) is 11.1 Å². The van der Waals surface area contributed by atoms with Crippen molar-refractivity contribution in [3.05, 3.63) is 82.1 Å². The average molecular weight is 467 g/mol. The van der Waals surface area contributed by atoms with Crippen LogP contribution in [0, 0.1) is 0 Å². The zero-order valence-corrected chi connectivity index (χ0v) is 17.5. The molecule has 4 nitrogen and oxygen atoms in total. The molecule has 0 N–H and O–H groups in total. The second-order valence-electron chi connectivity index (χ2n) is 6.87. The molecule has 1 aliphatic rings. The minimum atomic E-state index is -4.71. The number of ether oxygens (including phenoxy) is 2. The van der Waals surface area contributed by atoms with Gasteiger partial charge in [-0.15, -0.1) is 13.2 Å². The van der Waals surface area contributed by atoms with Crippen LogP contribution >= 0.6 is 23.2 Å². The molecular formula is C22H15Cl2F3N2O2. The van der Waals surface area contributed by atoms with E-state index in [0.29, 0.717) is 21.5 Å². The van der Waals surface area contributed by atoms with Crippen LogP contribution in [-0.2, 0) is 4.74 Å². The van der Waals surface area contributed by atoms with Crippen LogP contribution in [0.3, 0.4) is 0 Å². The Morgan fingerprint density at radius 2 is 1.45 bits per heavy atom. The van der Waals surface area contributed by atoms with Crippen molar-refractivity contribution < 1.29 is 22.6 Å². The molecule has 2 aromatic carbocycles. The number of aromatic nitrogens is 1. The summed E-state index contributed by atoms with van der Waals surface area (Å²) in [6, 6.07) is 13.0. The molecule has 0 fully saturated rings. The molecule has 1 aromatic heterocycles. The first-order valence-electron chi connectivity index (χ1n) is 9.21. The van der Waals surface area contributed by atoms with Gasteiger partial charge in [0.15, 0.2) is 0 Å². The van der Waals surface area contributed by atoms with Gasteiger partial charge in [-0.1, -0.05) is 59.6 Å². The predicted molar refractivity (Wildman–Crippen MR) is 113 cm³/mol. The molecule has 0 radical (unpaired) electrons. The van der Waals surface area contributed by atoms with Crippen LogP contribution in [0.5, 0.6) is 5.75 Å². The van der Waals surface area contributed by atoms with Gasteiger partial charge in [-0.2, -0.15) is 0 Å². The van der Waals surface area contributed by atoms with E-state index in [1.54, 1.807) is 12.1 Å². The number of alkyl halides is 3. The molecule has 0 amide bonds. The Labute approximate surface area is 186 Å². The fourth-order valence-electron chi connectivity index (χ4n) is 3.31. The molecule has 2 heterocycles. The van der Waals surface area contributed by atoms with E-state index in [9.17, 15) is 13.2 Å². The van der Waals surface area contributed by atoms with Gasteiger partial charge < -0.3 is 9.47 Å². The number of rotatable bonds is 4. The van der Waals surface area contributed by atoms with Gasteiger partial charge in [-0.3, -0.25) is 4.98 Å². The summed E-state index contributed by atoms with van der Waals surface area (Å²) in [5, 5.41) is 0.708. The van der Waals surface area contributed by atoms with E-state index in [0.717, 1.165) is 16.7 Å². The van der Waals surface area contributed by atoms with Crippen LogP contribution in [-0.4, -0.2) is 23.3 Å². The van der Waals surface area contributed by atoms with Crippen LogP contribution in [0.2, 0.25) is 10.0 Å². The first-order chi connectivity index (χ1) is 14.7. The SMILES string of the molecule is C[C@H]1OC(c2c(Cl)cncc2Cl)=N[C@@H]1c1ccc(-c2ccc(OC(F)(F)F)cc2)cc1. The highest BCUT2D eigenvalue weighted by molar-refractivity contribution is 6.39. The Hall–Kier alpha value is -2.77. The molecule has 3 aromatic rings. The van der Waals surface area contributed by atoms with Crippen LogP contribution in [0.4, 0.5) is 13.2 Å². The summed E-state index contributed by atoms with van der Waals surface area (Å²) in [5.74, 6) is 0.0966. The van der Waals surface area contributed by atoms with Gasteiger partial charge in [-0.05, 0) is 35.7 Å². The minimum Gasteiger partial charge on any atom is -0.472 e. The maximum absolute atomic E-state index is 12.3. The maximum atomic E-state index is 12.3. The fourth-order valence-corrected chi connectivity index (χ4v) is 3.84. The van der Waals surface area contributed by atoms with Crippen molar-refractivity contribution in [2.45, 2.75) is 25.4 Å². The lowest BCUT2D eigenvalue weighted by Gasteiger charge is -2.14. The Balaban J connectivity index is 1.55. The van der Waals surface area contributed by atoms with E-state index in [1.165, 1.54) is 24.5 Å². The molecule has 9 heteroatoms. The molecule has 0 bridgehead atoms. The standard InChI is InChI=1S/C22H15Cl2F3N2O2/c1-12-20(29-21(30-12)19-17(23)10-28-11-18(19)24)15-4-2-13(3-5-15)14-6-8-16(9-7-14)31-22(25,26)27/h2-12,20H,1H3/t12-,20+/m1/s1. The summed E-state index contributed by atoms with van der Waals surface area (Å²) < 4.78 is 46.7. The first-order valence-corrected chi connectivity index (χ1v) is 9.97. The van der Waals surface area contributed by atoms with Crippen LogP contribution in [0.1, 0.15) is 24.1 Å². The van der Waals surface area contributed by atoms with E-state index >= 15 is 0 Å². The molecule has 31 heavy (non-hydrogen) atoms. The summed E-state index contributed by atoms with van der Waals surface area (Å²) >= 11 is 12.4. The number of halogens is 5. The van der Waals surface area contributed by atoms with Crippen molar-refractivity contribution in [1.29, 1.82) is 0 Å². The Morgan fingerprint density at radius 1 is 0.903 bits per heavy atom. The number of hydrogen-bond donors (Lipinski definition) is 0. The van der Waals surface area contributed by atoms with Gasteiger partial charge in [0.2, 0.25) is 5.90 Å². The molecule has 0 unspecified atom stereocenters. The average Bonchev–Trinajstić information content (AvgIpc) is 3.08. The zero-order chi connectivity index (χ0) is 22.2. The first kappa shape index (κ1) is 21.5. The second-order valence-corrected chi connectivity index (χ2v) is 7.69. The third kappa shape index (κ3) is 4.78. The Bertz CT molecular complexity index is 1100. The number of hydrogen-bond acceptors (Lipinski definition) is 4. The fraction of sp³-hybridized carbons (Fsp3) is 0.182. The highest BCUT2D eigenvalue weighted by Gasteiger charge is 2.32. The Kier molecular flexibility index (Phi) is 5.81. The van der Waals surface area contributed by atoms with Crippen molar-refractivity contribution in [2.75, 3.05) is 0 Å². The summed E-state index contributed by atoms with van der Waals surface area (Å²) in [7, 11) is 0. The predicted octanol–water partition coefficient (Wildman–Crippen LogP) is 6.86. The minimum absolute atomic E-state index is 0.236. The molecule has 1 aliphatic heterocycles. The quantitative estimate of drug-likeness (QED) is 0.421. The zero-order valence-electron chi connectivity index (χ0n) is 16.0. The summed E-state index contributed by atoms with van der Waals surface area (Å²) in [6.45, 7) is 1.90. The van der Waals surface area contributed by atoms with Crippen molar-refractivity contribution in [3.63, 3.8) is 0 Å². The largest absolute Gasteiger partial charge is 0.573 e. The highest BCUT2D eigenvalue weighted by atomic mass is 35.5. The Morgan fingerprint density at radius 3 is 2.00 bits per heavy atom. The van der Waals surface area contributed by atoms with E-state index in [-0.39, 0.29) is 17.9 Å². The van der Waals surface area contributed by atoms with Crippen molar-refractivity contribution >= 4 is 29.1 Å². The van der Waals surface area contributed by atoms with Gasteiger partial charge in [0.25, 0.3) is 0 Å². The number of benzene rings is 2. The van der Waals surface area contributed by atoms with E-state index in [1.807, 2.05) is 31.2 Å². The third-order valence-corrected chi connectivity index (χ3v) is 5.31. The maximum Gasteiger partial charge on any atom is 0.573 e. The summed E-state index contributed by atoms with van der Waals surface area (Å²) in [6.07, 6.45) is -1.99. The lowest BCUT2D eigenvalue weighted by Crippen LogP contribution is -2.16. The lowest BCUT2D eigenvalue weighted by atomic mass is 9.99. The highest BCUT2D eigenvalue weighted by Crippen LogP contribution is 2.35. The van der Waals surface area contributed by atoms with Gasteiger partial charge in [0, 0.05) is 12.4 Å². The topological polar surface area (TPSA) is 43.7 Å². The van der Waals surface area contributed by atoms with Crippen molar-refractivity contribution in [1.82, 2.24) is 4.98 Å². The second kappa shape index (κ2) is 8.40. The summed E-state index contributed by atoms with van der Waals surface area (Å²) in [4.78, 5) is 8.59. The summed E-state index contributed by atoms with van der Waals surface area (Å²) in [5.41, 5.74) is 3.03. The van der Waals surface area contributed by atoms with E-state index < -0.39 is 6.36 Å².